The molecular formula is C16H19N5O. The lowest BCUT2D eigenvalue weighted by Gasteiger charge is -2.24. The standard InChI is InChI=1S/C16H19N5O/c17-13-6-7-21-16(22-12-4-2-1-3-5-12)14(13)15(18)11-8-19-10-20-9-11/h6-10,12,18H,1-5H2,(H2,17,21). The summed E-state index contributed by atoms with van der Waals surface area (Å²) in [6, 6.07) is 1.68. The molecule has 1 saturated carbocycles. The first-order valence-corrected chi connectivity index (χ1v) is 7.51. The van der Waals surface area contributed by atoms with E-state index in [0.29, 0.717) is 22.7 Å². The van der Waals surface area contributed by atoms with Gasteiger partial charge in [0.15, 0.2) is 0 Å². The van der Waals surface area contributed by atoms with Crippen LogP contribution in [-0.4, -0.2) is 26.8 Å². The van der Waals surface area contributed by atoms with Crippen molar-refractivity contribution in [3.05, 3.63) is 42.1 Å². The van der Waals surface area contributed by atoms with Gasteiger partial charge in [0.2, 0.25) is 5.88 Å². The molecule has 0 atom stereocenters. The molecule has 0 bridgehead atoms. The van der Waals surface area contributed by atoms with E-state index >= 15 is 0 Å². The highest BCUT2D eigenvalue weighted by Crippen LogP contribution is 2.28. The molecule has 0 spiro atoms. The molecule has 1 aliphatic rings. The third-order valence-electron chi connectivity index (χ3n) is 3.88. The van der Waals surface area contributed by atoms with Crippen molar-refractivity contribution in [3.63, 3.8) is 0 Å². The smallest absolute Gasteiger partial charge is 0.225 e. The van der Waals surface area contributed by atoms with E-state index in [1.54, 1.807) is 24.7 Å². The number of nitrogens with two attached hydrogens (primary N) is 1. The second kappa shape index (κ2) is 6.51. The number of nitrogens with zero attached hydrogens (tertiary/aromatic N) is 3. The molecule has 114 valence electrons. The Morgan fingerprint density at radius 2 is 1.91 bits per heavy atom. The van der Waals surface area contributed by atoms with Crippen LogP contribution in [0.15, 0.2) is 31.0 Å². The van der Waals surface area contributed by atoms with Gasteiger partial charge < -0.3 is 10.5 Å². The molecule has 3 N–H and O–H groups in total. The number of hydrogen-bond donors (Lipinski definition) is 2. The van der Waals surface area contributed by atoms with E-state index in [1.165, 1.54) is 25.6 Å². The predicted octanol–water partition coefficient (Wildman–Crippen LogP) is 2.58. The Kier molecular flexibility index (Phi) is 4.27. The summed E-state index contributed by atoms with van der Waals surface area (Å²) < 4.78 is 6.04. The summed E-state index contributed by atoms with van der Waals surface area (Å²) in [6.07, 6.45) is 12.0. The van der Waals surface area contributed by atoms with E-state index in [4.69, 9.17) is 15.9 Å². The van der Waals surface area contributed by atoms with Crippen LogP contribution in [0.25, 0.3) is 0 Å². The van der Waals surface area contributed by atoms with Gasteiger partial charge in [0.05, 0.1) is 11.3 Å². The van der Waals surface area contributed by atoms with Crippen LogP contribution in [0.5, 0.6) is 5.88 Å². The molecule has 0 radical (unpaired) electrons. The number of aromatic nitrogens is 3. The Balaban J connectivity index is 1.91. The molecule has 0 saturated heterocycles. The van der Waals surface area contributed by atoms with Crippen molar-refractivity contribution >= 4 is 11.4 Å². The molecule has 6 heteroatoms. The fourth-order valence-electron chi connectivity index (χ4n) is 2.71. The van der Waals surface area contributed by atoms with Crippen LogP contribution in [0.3, 0.4) is 0 Å². The normalized spacial score (nSPS) is 15.5. The minimum absolute atomic E-state index is 0.154. The first-order valence-electron chi connectivity index (χ1n) is 7.51. The third-order valence-corrected chi connectivity index (χ3v) is 3.88. The quantitative estimate of drug-likeness (QED) is 0.845. The van der Waals surface area contributed by atoms with Gasteiger partial charge in [0.1, 0.15) is 12.4 Å². The fourth-order valence-corrected chi connectivity index (χ4v) is 2.71. The Morgan fingerprint density at radius 3 is 2.64 bits per heavy atom. The highest BCUT2D eigenvalue weighted by molar-refractivity contribution is 6.14. The fraction of sp³-hybridized carbons (Fsp3) is 0.375. The molecule has 3 rings (SSSR count). The van der Waals surface area contributed by atoms with Crippen LogP contribution < -0.4 is 10.5 Å². The average molecular weight is 297 g/mol. The van der Waals surface area contributed by atoms with Crippen LogP contribution in [0, 0.1) is 5.41 Å². The van der Waals surface area contributed by atoms with Gasteiger partial charge >= 0.3 is 0 Å². The first-order chi connectivity index (χ1) is 10.8. The summed E-state index contributed by atoms with van der Waals surface area (Å²) in [7, 11) is 0. The topological polar surface area (TPSA) is 97.8 Å². The van der Waals surface area contributed by atoms with E-state index in [-0.39, 0.29) is 11.8 Å². The highest BCUT2D eigenvalue weighted by Gasteiger charge is 2.21. The Labute approximate surface area is 129 Å². The summed E-state index contributed by atoms with van der Waals surface area (Å²) in [6.45, 7) is 0. The molecule has 2 heterocycles. The van der Waals surface area contributed by atoms with E-state index < -0.39 is 0 Å². The molecule has 0 unspecified atom stereocenters. The van der Waals surface area contributed by atoms with Crippen LogP contribution in [0.1, 0.15) is 43.2 Å². The maximum atomic E-state index is 8.39. The molecule has 1 fully saturated rings. The van der Waals surface area contributed by atoms with Gasteiger partial charge in [-0.1, -0.05) is 6.42 Å². The summed E-state index contributed by atoms with van der Waals surface area (Å²) in [5.74, 6) is 0.431. The van der Waals surface area contributed by atoms with Crippen molar-refractivity contribution in [3.8, 4) is 5.88 Å². The van der Waals surface area contributed by atoms with Crippen LogP contribution in [0.2, 0.25) is 0 Å². The van der Waals surface area contributed by atoms with Gasteiger partial charge in [-0.3, -0.25) is 5.41 Å². The number of nitrogens with one attached hydrogen (secondary N) is 1. The highest BCUT2D eigenvalue weighted by atomic mass is 16.5. The van der Waals surface area contributed by atoms with Crippen molar-refractivity contribution in [1.29, 1.82) is 5.41 Å². The molecule has 22 heavy (non-hydrogen) atoms. The maximum Gasteiger partial charge on any atom is 0.225 e. The van der Waals surface area contributed by atoms with Crippen molar-refractivity contribution in [2.24, 2.45) is 0 Å². The monoisotopic (exact) mass is 297 g/mol. The second-order valence-electron chi connectivity index (χ2n) is 5.46. The number of ether oxygens (including phenoxy) is 1. The zero-order chi connectivity index (χ0) is 15.4. The molecule has 0 aliphatic heterocycles. The van der Waals surface area contributed by atoms with Crippen molar-refractivity contribution in [2.75, 3.05) is 5.73 Å². The van der Waals surface area contributed by atoms with Gasteiger partial charge in [-0.15, -0.1) is 0 Å². The second-order valence-corrected chi connectivity index (χ2v) is 5.46. The van der Waals surface area contributed by atoms with E-state index in [0.717, 1.165) is 12.8 Å². The zero-order valence-electron chi connectivity index (χ0n) is 12.3. The molecule has 0 aromatic carbocycles. The summed E-state index contributed by atoms with van der Waals surface area (Å²) in [5.41, 5.74) is 7.89. The summed E-state index contributed by atoms with van der Waals surface area (Å²) in [4.78, 5) is 12.2. The number of hydrogen-bond acceptors (Lipinski definition) is 6. The molecule has 2 aromatic heterocycles. The van der Waals surface area contributed by atoms with Gasteiger partial charge in [-0.05, 0) is 31.7 Å². The largest absolute Gasteiger partial charge is 0.474 e. The van der Waals surface area contributed by atoms with E-state index in [1.807, 2.05) is 0 Å². The lowest BCUT2D eigenvalue weighted by Crippen LogP contribution is -2.22. The van der Waals surface area contributed by atoms with E-state index in [2.05, 4.69) is 15.0 Å². The van der Waals surface area contributed by atoms with Gasteiger partial charge in [-0.2, -0.15) is 0 Å². The average Bonchev–Trinajstić information content (AvgIpc) is 2.56. The van der Waals surface area contributed by atoms with E-state index in [9.17, 15) is 0 Å². The maximum absolute atomic E-state index is 8.39. The minimum Gasteiger partial charge on any atom is -0.474 e. The number of nitrogen functional groups attached to an aromatic ring is 1. The third kappa shape index (κ3) is 3.05. The van der Waals surface area contributed by atoms with Gasteiger partial charge in [0, 0.05) is 29.8 Å². The van der Waals surface area contributed by atoms with Crippen LogP contribution >= 0.6 is 0 Å². The predicted molar refractivity (Wildman–Crippen MR) is 84.1 cm³/mol. The minimum atomic E-state index is 0.154. The number of anilines is 1. The molecular weight excluding hydrogens is 278 g/mol. The van der Waals surface area contributed by atoms with Crippen molar-refractivity contribution in [1.82, 2.24) is 15.0 Å². The number of pyridine rings is 1. The Morgan fingerprint density at radius 1 is 1.18 bits per heavy atom. The molecule has 1 aliphatic carbocycles. The number of rotatable bonds is 4. The van der Waals surface area contributed by atoms with Gasteiger partial charge in [0.25, 0.3) is 0 Å². The summed E-state index contributed by atoms with van der Waals surface area (Å²) in [5, 5.41) is 8.39. The SMILES string of the molecule is N=C(c1cncnc1)c1c(N)ccnc1OC1CCCCC1. The lowest BCUT2D eigenvalue weighted by atomic mass is 9.97. The lowest BCUT2D eigenvalue weighted by molar-refractivity contribution is 0.148. The first kappa shape index (κ1) is 14.4. The molecule has 6 nitrogen and oxygen atoms in total. The summed E-state index contributed by atoms with van der Waals surface area (Å²) >= 11 is 0. The van der Waals surface area contributed by atoms with Gasteiger partial charge in [-0.25, -0.2) is 15.0 Å². The molecule has 2 aromatic rings. The molecule has 0 amide bonds. The Bertz CT molecular complexity index is 653. The zero-order valence-corrected chi connectivity index (χ0v) is 12.3. The van der Waals surface area contributed by atoms with Crippen molar-refractivity contribution in [2.45, 2.75) is 38.2 Å². The van der Waals surface area contributed by atoms with Crippen LogP contribution in [-0.2, 0) is 0 Å². The van der Waals surface area contributed by atoms with Crippen molar-refractivity contribution < 1.29 is 4.74 Å². The Hall–Kier alpha value is -2.50. The van der Waals surface area contributed by atoms with Crippen LogP contribution in [0.4, 0.5) is 5.69 Å².